The zero-order valence-electron chi connectivity index (χ0n) is 22.8. The minimum atomic E-state index is -1.75. The Morgan fingerprint density at radius 1 is 1.18 bits per heavy atom. The van der Waals surface area contributed by atoms with E-state index in [1.165, 1.54) is 6.08 Å². The lowest BCUT2D eigenvalue weighted by Gasteiger charge is -2.64. The molecule has 4 rings (SSSR count). The molecule has 0 aromatic rings. The molecule has 212 valence electrons. The number of ketones is 1. The molecule has 0 aromatic heterocycles. The summed E-state index contributed by atoms with van der Waals surface area (Å²) >= 11 is 3.79. The van der Waals surface area contributed by atoms with Gasteiger partial charge in [0.25, 0.3) is 0 Å². The zero-order valence-corrected chi connectivity index (χ0v) is 24.4. The van der Waals surface area contributed by atoms with E-state index < -0.39 is 68.4 Å². The molecule has 9 heteroatoms. The summed E-state index contributed by atoms with van der Waals surface area (Å²) in [6.45, 7) is 9.19. The first kappa shape index (κ1) is 29.4. The van der Waals surface area contributed by atoms with Crippen LogP contribution in [0.1, 0.15) is 79.6 Å². The molecule has 6 nitrogen and oxygen atoms in total. The average molecular weight is 602 g/mol. The van der Waals surface area contributed by atoms with Gasteiger partial charge in [0.05, 0.1) is 17.0 Å². The summed E-state index contributed by atoms with van der Waals surface area (Å²) in [6.07, 6.45) is 2.58. The van der Waals surface area contributed by atoms with Crippen molar-refractivity contribution < 1.29 is 37.7 Å². The van der Waals surface area contributed by atoms with Crippen LogP contribution < -0.4 is 0 Å². The van der Waals surface area contributed by atoms with Crippen molar-refractivity contribution in [3.63, 3.8) is 0 Å². The van der Waals surface area contributed by atoms with Crippen LogP contribution in [0, 0.1) is 28.6 Å². The van der Waals surface area contributed by atoms with Crippen LogP contribution in [0.4, 0.5) is 8.78 Å². The molecule has 0 bridgehead atoms. The van der Waals surface area contributed by atoms with E-state index in [0.29, 0.717) is 12.8 Å². The van der Waals surface area contributed by atoms with Crippen molar-refractivity contribution in [3.05, 3.63) is 23.6 Å². The fourth-order valence-corrected chi connectivity index (χ4v) is 9.20. The van der Waals surface area contributed by atoms with Gasteiger partial charge in [-0.1, -0.05) is 69.5 Å². The lowest BCUT2D eigenvalue weighted by molar-refractivity contribution is -0.216. The Kier molecular flexibility index (Phi) is 7.80. The summed E-state index contributed by atoms with van der Waals surface area (Å²) in [5, 5.41) is 11.8. The molecule has 38 heavy (non-hydrogen) atoms. The summed E-state index contributed by atoms with van der Waals surface area (Å²) in [6, 6.07) is 0. The third kappa shape index (κ3) is 3.80. The largest absolute Gasteiger partial charge is 0.463 e. The smallest absolute Gasteiger partial charge is 0.351 e. The molecule has 3 fully saturated rings. The van der Waals surface area contributed by atoms with Gasteiger partial charge in [0.2, 0.25) is 11.4 Å². The molecule has 0 amide bonds. The first-order chi connectivity index (χ1) is 17.8. The van der Waals surface area contributed by atoms with Crippen LogP contribution in [0.3, 0.4) is 0 Å². The number of hydrogen-bond donors (Lipinski definition) is 1. The van der Waals surface area contributed by atoms with Crippen LogP contribution in [0.2, 0.25) is 0 Å². The highest BCUT2D eigenvalue weighted by Crippen LogP contribution is 2.73. The number of ether oxygens (including phenoxy) is 2. The average Bonchev–Trinajstić information content (AvgIpc) is 3.08. The van der Waals surface area contributed by atoms with Gasteiger partial charge in [0, 0.05) is 28.7 Å². The SMILES string of the molecule is CCCCCOC(=O)[C@@]1(OC(=O)CC)[C@H](C)C[C@H]2[C@@H]3C[C@H](F)C4=C(F)C(=O)C=C[C@]4(C)[C@@]3(Br)[C@@H](O)C[C@@]21C. The molecule has 0 saturated heterocycles. The second kappa shape index (κ2) is 10.1. The highest BCUT2D eigenvalue weighted by atomic mass is 79.9. The first-order valence-corrected chi connectivity index (χ1v) is 14.6. The minimum Gasteiger partial charge on any atom is -0.463 e. The second-order valence-electron chi connectivity index (χ2n) is 12.0. The minimum absolute atomic E-state index is 0.0358. The predicted molar refractivity (Wildman–Crippen MR) is 141 cm³/mol. The number of carbonyl (C=O) groups is 3. The van der Waals surface area contributed by atoms with E-state index >= 15 is 8.78 Å². The van der Waals surface area contributed by atoms with Crippen LogP contribution in [-0.4, -0.2) is 51.6 Å². The van der Waals surface area contributed by atoms with Crippen LogP contribution in [0.5, 0.6) is 0 Å². The molecule has 1 N–H and O–H groups in total. The van der Waals surface area contributed by atoms with E-state index in [0.717, 1.165) is 18.9 Å². The maximum Gasteiger partial charge on any atom is 0.351 e. The fourth-order valence-electron chi connectivity index (χ4n) is 8.19. The van der Waals surface area contributed by atoms with Crippen molar-refractivity contribution in [3.8, 4) is 0 Å². The number of rotatable bonds is 7. The number of esters is 2. The number of aliphatic hydroxyl groups excluding tert-OH is 1. The summed E-state index contributed by atoms with van der Waals surface area (Å²) < 4.78 is 41.5. The van der Waals surface area contributed by atoms with Gasteiger partial charge >= 0.3 is 11.9 Å². The second-order valence-corrected chi connectivity index (χ2v) is 13.3. The molecule has 4 aliphatic rings. The van der Waals surface area contributed by atoms with Gasteiger partial charge in [-0.05, 0) is 43.6 Å². The number of halogens is 3. The van der Waals surface area contributed by atoms with Gasteiger partial charge in [-0.15, -0.1) is 0 Å². The number of fused-ring (bicyclic) bond motifs is 5. The quantitative estimate of drug-likeness (QED) is 0.229. The van der Waals surface area contributed by atoms with Crippen LogP contribution in [-0.2, 0) is 23.9 Å². The normalized spacial score (nSPS) is 43.8. The van der Waals surface area contributed by atoms with Crippen LogP contribution in [0.25, 0.3) is 0 Å². The third-order valence-corrected chi connectivity index (χ3v) is 12.0. The molecule has 0 aliphatic heterocycles. The molecular formula is C29H39BrF2O6. The van der Waals surface area contributed by atoms with Crippen molar-refractivity contribution in [2.75, 3.05) is 6.61 Å². The maximum absolute atomic E-state index is 15.8. The Morgan fingerprint density at radius 3 is 2.50 bits per heavy atom. The number of aliphatic hydroxyl groups is 1. The first-order valence-electron chi connectivity index (χ1n) is 13.8. The molecule has 0 unspecified atom stereocenters. The molecule has 0 heterocycles. The number of alkyl halides is 2. The van der Waals surface area contributed by atoms with Crippen molar-refractivity contribution in [2.24, 2.45) is 28.6 Å². The Balaban J connectivity index is 1.82. The standard InChI is InChI=1S/C29H39BrF2O6/c1-6-8-9-12-37-25(36)29(38-22(35)7-2)16(3)13-17-18-14-19(31)23-24(32)20(33)10-11-26(23,4)28(18,30)21(34)15-27(17,29)5/h10-11,16-19,21,34H,6-9,12-15H2,1-5H3/t16-,17+,18+,19+,21+,26+,27+,28+,29+/m1/s1. The highest BCUT2D eigenvalue weighted by Gasteiger charge is 2.78. The van der Waals surface area contributed by atoms with Gasteiger partial charge < -0.3 is 14.6 Å². The number of hydrogen-bond acceptors (Lipinski definition) is 6. The summed E-state index contributed by atoms with van der Waals surface area (Å²) in [4.78, 5) is 38.7. The van der Waals surface area contributed by atoms with Gasteiger partial charge in [-0.2, -0.15) is 0 Å². The summed E-state index contributed by atoms with van der Waals surface area (Å²) in [5.41, 5.74) is -4.28. The summed E-state index contributed by atoms with van der Waals surface area (Å²) in [5.74, 6) is -4.54. The van der Waals surface area contributed by atoms with E-state index in [4.69, 9.17) is 9.47 Å². The van der Waals surface area contributed by atoms with E-state index in [1.807, 2.05) is 20.8 Å². The molecule has 4 aliphatic carbocycles. The topological polar surface area (TPSA) is 89.9 Å². The Hall–Kier alpha value is -1.61. The number of allylic oxidation sites excluding steroid dienone is 4. The van der Waals surface area contributed by atoms with E-state index in [1.54, 1.807) is 13.8 Å². The summed E-state index contributed by atoms with van der Waals surface area (Å²) in [7, 11) is 0. The van der Waals surface area contributed by atoms with Crippen molar-refractivity contribution >= 4 is 33.7 Å². The molecule has 0 aromatic carbocycles. The van der Waals surface area contributed by atoms with Gasteiger partial charge in [-0.25, -0.2) is 13.6 Å². The lowest BCUT2D eigenvalue weighted by atomic mass is 9.45. The molecule has 9 atom stereocenters. The number of unbranched alkanes of at least 4 members (excludes halogenated alkanes) is 2. The van der Waals surface area contributed by atoms with E-state index in [-0.39, 0.29) is 37.4 Å². The van der Waals surface area contributed by atoms with Gasteiger partial charge in [0.15, 0.2) is 5.83 Å². The monoisotopic (exact) mass is 600 g/mol. The van der Waals surface area contributed by atoms with Crippen LogP contribution >= 0.6 is 15.9 Å². The third-order valence-electron chi connectivity index (χ3n) is 10.1. The predicted octanol–water partition coefficient (Wildman–Crippen LogP) is 5.70. The zero-order chi connectivity index (χ0) is 28.3. The maximum atomic E-state index is 15.8. The van der Waals surface area contributed by atoms with Gasteiger partial charge in [0.1, 0.15) is 6.17 Å². The van der Waals surface area contributed by atoms with Gasteiger partial charge in [-0.3, -0.25) is 9.59 Å². The van der Waals surface area contributed by atoms with Crippen molar-refractivity contribution in [1.29, 1.82) is 0 Å². The Labute approximate surface area is 231 Å². The van der Waals surface area contributed by atoms with E-state index in [9.17, 15) is 19.5 Å². The number of carbonyl (C=O) groups excluding carboxylic acids is 3. The molecule has 0 radical (unpaired) electrons. The Morgan fingerprint density at radius 2 is 1.87 bits per heavy atom. The molecule has 0 spiro atoms. The van der Waals surface area contributed by atoms with Crippen molar-refractivity contribution in [1.82, 2.24) is 0 Å². The molecular weight excluding hydrogens is 562 g/mol. The van der Waals surface area contributed by atoms with E-state index in [2.05, 4.69) is 15.9 Å². The molecule has 3 saturated carbocycles. The fraction of sp³-hybridized carbons (Fsp3) is 0.759. The van der Waals surface area contributed by atoms with Crippen LogP contribution in [0.15, 0.2) is 23.6 Å². The highest BCUT2D eigenvalue weighted by molar-refractivity contribution is 9.10. The van der Waals surface area contributed by atoms with Crippen molar-refractivity contribution in [2.45, 2.75) is 102 Å². The lowest BCUT2D eigenvalue weighted by Crippen LogP contribution is -2.70. The Bertz CT molecular complexity index is 1080.